The van der Waals surface area contributed by atoms with E-state index in [4.69, 9.17) is 16.3 Å². The van der Waals surface area contributed by atoms with E-state index in [2.05, 4.69) is 34.2 Å². The average molecular weight is 373 g/mol. The van der Waals surface area contributed by atoms with Gasteiger partial charge in [-0.2, -0.15) is 0 Å². The molecule has 0 amide bonds. The van der Waals surface area contributed by atoms with Gasteiger partial charge in [-0.15, -0.1) is 11.8 Å². The van der Waals surface area contributed by atoms with E-state index in [1.807, 2.05) is 48.4 Å². The second-order valence-corrected chi connectivity index (χ2v) is 7.63. The highest BCUT2D eigenvalue weighted by molar-refractivity contribution is 8.00. The zero-order valence-corrected chi connectivity index (χ0v) is 15.7. The molecule has 0 aliphatic carbocycles. The maximum absolute atomic E-state index is 5.97. The number of aromatic amines is 1. The summed E-state index contributed by atoms with van der Waals surface area (Å²) >= 11 is 7.86. The van der Waals surface area contributed by atoms with Crippen LogP contribution in [0.15, 0.2) is 65.8 Å². The minimum atomic E-state index is 0.440. The normalized spacial score (nSPS) is 12.1. The van der Waals surface area contributed by atoms with Crippen LogP contribution in [0.5, 0.6) is 5.75 Å². The second-order valence-electron chi connectivity index (χ2n) is 5.82. The summed E-state index contributed by atoms with van der Waals surface area (Å²) in [6, 6.07) is 16.3. The number of nitrogens with one attached hydrogen (secondary N) is 1. The van der Waals surface area contributed by atoms with Crippen LogP contribution in [0.3, 0.4) is 0 Å². The molecule has 0 radical (unpaired) electrons. The molecule has 1 N–H and O–H groups in total. The molecule has 0 aliphatic rings. The van der Waals surface area contributed by atoms with E-state index in [9.17, 15) is 0 Å². The number of aromatic nitrogens is 2. The standard InChI is InChI=1S/C20H21ClN2OS/c1-24-17-7-10-18(11-8-17)25-19(14-20-22-12-13-23-20)9-4-15-2-5-16(21)6-3-15/h2-3,5-8,10-13,19H,4,9,14H2,1H3,(H,22,23). The van der Waals surface area contributed by atoms with Crippen LogP contribution in [-0.4, -0.2) is 22.3 Å². The highest BCUT2D eigenvalue weighted by Gasteiger charge is 2.14. The monoisotopic (exact) mass is 372 g/mol. The zero-order chi connectivity index (χ0) is 17.5. The Hall–Kier alpha value is -1.91. The van der Waals surface area contributed by atoms with Crippen molar-refractivity contribution in [1.82, 2.24) is 9.97 Å². The Balaban J connectivity index is 1.66. The summed E-state index contributed by atoms with van der Waals surface area (Å²) in [5, 5.41) is 1.22. The van der Waals surface area contributed by atoms with Gasteiger partial charge in [-0.1, -0.05) is 23.7 Å². The summed E-state index contributed by atoms with van der Waals surface area (Å²) in [5.41, 5.74) is 1.31. The molecule has 1 aromatic heterocycles. The third-order valence-corrected chi connectivity index (χ3v) is 5.54. The first kappa shape index (κ1) is 17.9. The van der Waals surface area contributed by atoms with E-state index >= 15 is 0 Å². The Morgan fingerprint density at radius 3 is 2.52 bits per heavy atom. The molecule has 0 aliphatic heterocycles. The fraction of sp³-hybridized carbons (Fsp3) is 0.250. The van der Waals surface area contributed by atoms with Crippen LogP contribution >= 0.6 is 23.4 Å². The van der Waals surface area contributed by atoms with Crippen LogP contribution in [0.2, 0.25) is 5.02 Å². The van der Waals surface area contributed by atoms with Gasteiger partial charge in [-0.05, 0) is 54.8 Å². The fourth-order valence-corrected chi connectivity index (χ4v) is 3.93. The molecule has 2 aromatic carbocycles. The third-order valence-electron chi connectivity index (χ3n) is 4.01. The first-order chi connectivity index (χ1) is 12.2. The van der Waals surface area contributed by atoms with Gasteiger partial charge >= 0.3 is 0 Å². The van der Waals surface area contributed by atoms with Crippen molar-refractivity contribution in [1.29, 1.82) is 0 Å². The molecule has 130 valence electrons. The van der Waals surface area contributed by atoms with Gasteiger partial charge in [0.15, 0.2) is 0 Å². The van der Waals surface area contributed by atoms with E-state index < -0.39 is 0 Å². The largest absolute Gasteiger partial charge is 0.497 e. The molecule has 0 saturated carbocycles. The van der Waals surface area contributed by atoms with Crippen LogP contribution in [-0.2, 0) is 12.8 Å². The summed E-state index contributed by atoms with van der Waals surface area (Å²) in [6.07, 6.45) is 6.69. The molecule has 3 aromatic rings. The number of H-pyrrole nitrogens is 1. The van der Waals surface area contributed by atoms with E-state index in [-0.39, 0.29) is 0 Å². The molecule has 25 heavy (non-hydrogen) atoms. The van der Waals surface area contributed by atoms with Crippen molar-refractivity contribution in [3.8, 4) is 5.75 Å². The first-order valence-corrected chi connectivity index (χ1v) is 9.52. The number of rotatable bonds is 8. The molecular weight excluding hydrogens is 352 g/mol. The lowest BCUT2D eigenvalue weighted by Gasteiger charge is -2.16. The van der Waals surface area contributed by atoms with Crippen LogP contribution in [0.4, 0.5) is 0 Å². The Bertz CT molecular complexity index is 757. The van der Waals surface area contributed by atoms with Gasteiger partial charge in [0.2, 0.25) is 0 Å². The lowest BCUT2D eigenvalue weighted by Crippen LogP contribution is -2.10. The lowest BCUT2D eigenvalue weighted by molar-refractivity contribution is 0.414. The van der Waals surface area contributed by atoms with Crippen molar-refractivity contribution in [3.63, 3.8) is 0 Å². The molecule has 0 saturated heterocycles. The Morgan fingerprint density at radius 1 is 1.12 bits per heavy atom. The number of hydrogen-bond donors (Lipinski definition) is 1. The Labute approximate surface area is 157 Å². The smallest absolute Gasteiger partial charge is 0.118 e. The van der Waals surface area contributed by atoms with E-state index in [1.165, 1.54) is 10.5 Å². The van der Waals surface area contributed by atoms with Gasteiger partial charge in [0.1, 0.15) is 11.6 Å². The molecule has 0 fully saturated rings. The minimum Gasteiger partial charge on any atom is -0.497 e. The fourth-order valence-electron chi connectivity index (χ4n) is 2.65. The summed E-state index contributed by atoms with van der Waals surface area (Å²) in [5.74, 6) is 1.91. The molecule has 5 heteroatoms. The van der Waals surface area contributed by atoms with Gasteiger partial charge in [0, 0.05) is 34.0 Å². The van der Waals surface area contributed by atoms with Crippen molar-refractivity contribution >= 4 is 23.4 Å². The maximum atomic E-state index is 5.97. The molecule has 1 heterocycles. The van der Waals surface area contributed by atoms with Crippen molar-refractivity contribution in [2.75, 3.05) is 7.11 Å². The zero-order valence-electron chi connectivity index (χ0n) is 14.1. The quantitative estimate of drug-likeness (QED) is 0.537. The van der Waals surface area contributed by atoms with Crippen molar-refractivity contribution in [2.45, 2.75) is 29.4 Å². The number of imidazole rings is 1. The topological polar surface area (TPSA) is 37.9 Å². The molecular formula is C20H21ClN2OS. The number of hydrogen-bond acceptors (Lipinski definition) is 3. The number of ether oxygens (including phenoxy) is 1. The average Bonchev–Trinajstić information content (AvgIpc) is 3.15. The predicted molar refractivity (Wildman–Crippen MR) is 105 cm³/mol. The highest BCUT2D eigenvalue weighted by atomic mass is 35.5. The first-order valence-electron chi connectivity index (χ1n) is 8.26. The van der Waals surface area contributed by atoms with Crippen LogP contribution < -0.4 is 4.74 Å². The van der Waals surface area contributed by atoms with E-state index in [0.717, 1.165) is 35.9 Å². The van der Waals surface area contributed by atoms with Gasteiger partial charge in [0.05, 0.1) is 7.11 Å². The van der Waals surface area contributed by atoms with Gasteiger partial charge in [-0.3, -0.25) is 0 Å². The molecule has 3 nitrogen and oxygen atoms in total. The number of methoxy groups -OCH3 is 1. The van der Waals surface area contributed by atoms with Gasteiger partial charge < -0.3 is 9.72 Å². The third kappa shape index (κ3) is 5.55. The van der Waals surface area contributed by atoms with Crippen LogP contribution in [0.1, 0.15) is 17.8 Å². The van der Waals surface area contributed by atoms with Crippen LogP contribution in [0.25, 0.3) is 0 Å². The predicted octanol–water partition coefficient (Wildman–Crippen LogP) is 5.41. The number of aryl methyl sites for hydroxylation is 1. The van der Waals surface area contributed by atoms with Crippen molar-refractivity contribution < 1.29 is 4.74 Å². The number of thioether (sulfide) groups is 1. The second kappa shape index (κ2) is 8.97. The molecule has 3 rings (SSSR count). The summed E-state index contributed by atoms with van der Waals surface area (Å²) in [6.45, 7) is 0. The highest BCUT2D eigenvalue weighted by Crippen LogP contribution is 2.30. The SMILES string of the molecule is COc1ccc(SC(CCc2ccc(Cl)cc2)Cc2ncc[nH]2)cc1. The molecule has 1 unspecified atom stereocenters. The van der Waals surface area contributed by atoms with E-state index in [1.54, 1.807) is 7.11 Å². The van der Waals surface area contributed by atoms with Crippen molar-refractivity contribution in [3.05, 3.63) is 77.3 Å². The molecule has 0 spiro atoms. The molecule has 0 bridgehead atoms. The molecule has 1 atom stereocenters. The van der Waals surface area contributed by atoms with E-state index in [0.29, 0.717) is 5.25 Å². The van der Waals surface area contributed by atoms with Gasteiger partial charge in [-0.25, -0.2) is 4.98 Å². The number of halogens is 1. The van der Waals surface area contributed by atoms with Crippen LogP contribution in [0, 0.1) is 0 Å². The number of nitrogens with zero attached hydrogens (tertiary/aromatic N) is 1. The van der Waals surface area contributed by atoms with Gasteiger partial charge in [0.25, 0.3) is 0 Å². The summed E-state index contributed by atoms with van der Waals surface area (Å²) < 4.78 is 5.24. The Morgan fingerprint density at radius 2 is 1.88 bits per heavy atom. The summed E-state index contributed by atoms with van der Waals surface area (Å²) in [4.78, 5) is 8.84. The minimum absolute atomic E-state index is 0.440. The maximum Gasteiger partial charge on any atom is 0.118 e. The summed E-state index contributed by atoms with van der Waals surface area (Å²) in [7, 11) is 1.69. The number of benzene rings is 2. The Kier molecular flexibility index (Phi) is 6.42. The lowest BCUT2D eigenvalue weighted by atomic mass is 10.1. The van der Waals surface area contributed by atoms with Crippen molar-refractivity contribution in [2.24, 2.45) is 0 Å².